The van der Waals surface area contributed by atoms with E-state index in [1.54, 1.807) is 17.0 Å². The van der Waals surface area contributed by atoms with Crippen LogP contribution in [0.2, 0.25) is 0 Å². The van der Waals surface area contributed by atoms with Crippen LogP contribution in [0, 0.1) is 5.92 Å². The predicted octanol–water partition coefficient (Wildman–Crippen LogP) is 1.12. The molecule has 1 aromatic carbocycles. The molecule has 132 valence electrons. The van der Waals surface area contributed by atoms with Gasteiger partial charge in [-0.2, -0.15) is 0 Å². The van der Waals surface area contributed by atoms with E-state index in [0.717, 1.165) is 37.8 Å². The molecule has 0 aromatic heterocycles. The molecule has 4 heteroatoms. The van der Waals surface area contributed by atoms with Crippen molar-refractivity contribution in [2.45, 2.75) is 44.9 Å². The third-order valence-corrected chi connectivity index (χ3v) is 5.80. The third kappa shape index (κ3) is 4.50. The molecular formula is C20H30N2O2. The average molecular weight is 330 g/mol. The summed E-state index contributed by atoms with van der Waals surface area (Å²) in [4.78, 5) is 15.2. The van der Waals surface area contributed by atoms with Crippen LogP contribution in [0.5, 0.6) is 0 Å². The molecule has 1 aliphatic carbocycles. The fourth-order valence-corrected chi connectivity index (χ4v) is 4.35. The number of carboxylic acid groups (broad SMARTS) is 1. The Labute approximate surface area is 145 Å². The van der Waals surface area contributed by atoms with E-state index in [2.05, 4.69) is 4.90 Å². The second-order valence-corrected chi connectivity index (χ2v) is 7.44. The predicted molar refractivity (Wildman–Crippen MR) is 94.4 cm³/mol. The molecule has 0 bridgehead atoms. The Balaban J connectivity index is 1.43. The smallest absolute Gasteiger partial charge is 0.0949 e. The van der Waals surface area contributed by atoms with Crippen LogP contribution in [0.4, 0.5) is 5.69 Å². The molecule has 0 radical (unpaired) electrons. The van der Waals surface area contributed by atoms with Crippen LogP contribution < -0.4 is 14.9 Å². The van der Waals surface area contributed by atoms with Crippen molar-refractivity contribution in [1.29, 1.82) is 0 Å². The Hall–Kier alpha value is -1.55. The van der Waals surface area contributed by atoms with Crippen molar-refractivity contribution in [1.82, 2.24) is 0 Å². The summed E-state index contributed by atoms with van der Waals surface area (Å²) in [6.07, 6.45) is 9.96. The van der Waals surface area contributed by atoms with E-state index < -0.39 is 5.97 Å². The lowest BCUT2D eigenvalue weighted by Gasteiger charge is -2.35. The Kier molecular flexibility index (Phi) is 6.13. The molecule has 1 N–H and O–H groups in total. The molecule has 1 heterocycles. The van der Waals surface area contributed by atoms with Crippen LogP contribution in [-0.4, -0.2) is 38.7 Å². The van der Waals surface area contributed by atoms with Crippen LogP contribution in [-0.2, 0) is 0 Å². The highest BCUT2D eigenvalue weighted by Gasteiger charge is 2.22. The van der Waals surface area contributed by atoms with Crippen molar-refractivity contribution in [3.8, 4) is 0 Å². The summed E-state index contributed by atoms with van der Waals surface area (Å²) in [6, 6.07) is 7.22. The van der Waals surface area contributed by atoms with E-state index in [9.17, 15) is 9.90 Å². The summed E-state index contributed by atoms with van der Waals surface area (Å²) in [5.41, 5.74) is 1.14. The minimum atomic E-state index is -1.08. The molecule has 4 nitrogen and oxygen atoms in total. The molecule has 0 atom stereocenters. The standard InChI is InChI=1S/C20H30N2O2/c23-20(24)18-10-4-5-11-19(18)22-15-13-21(14-16-22)12-6-9-17-7-2-1-3-8-17/h4-5,10-11,17H,1-3,6-9,12-16H2,(H,23,24). The van der Waals surface area contributed by atoms with Gasteiger partial charge in [-0.3, -0.25) is 0 Å². The largest absolute Gasteiger partial charge is 0.545 e. The molecule has 0 spiro atoms. The lowest BCUT2D eigenvalue weighted by atomic mass is 9.86. The number of aromatic carboxylic acids is 1. The summed E-state index contributed by atoms with van der Waals surface area (Å²) in [6.45, 7) is 5.34. The first-order valence-electron chi connectivity index (χ1n) is 9.63. The third-order valence-electron chi connectivity index (χ3n) is 5.80. The van der Waals surface area contributed by atoms with Gasteiger partial charge in [0.25, 0.3) is 0 Å². The van der Waals surface area contributed by atoms with Crippen molar-refractivity contribution in [3.63, 3.8) is 0 Å². The Morgan fingerprint density at radius 2 is 1.83 bits per heavy atom. The van der Waals surface area contributed by atoms with E-state index in [0.29, 0.717) is 5.56 Å². The molecule has 2 fully saturated rings. The minimum absolute atomic E-state index is 0.318. The second-order valence-electron chi connectivity index (χ2n) is 7.44. The normalized spacial score (nSPS) is 20.2. The lowest BCUT2D eigenvalue weighted by molar-refractivity contribution is -0.900. The van der Waals surface area contributed by atoms with E-state index >= 15 is 0 Å². The summed E-state index contributed by atoms with van der Waals surface area (Å²) >= 11 is 0. The number of nitrogens with zero attached hydrogens (tertiary/aromatic N) is 1. The van der Waals surface area contributed by atoms with Crippen molar-refractivity contribution in [3.05, 3.63) is 29.8 Å². The number of nitrogens with one attached hydrogen (secondary N) is 1. The molecule has 3 rings (SSSR count). The van der Waals surface area contributed by atoms with Gasteiger partial charge < -0.3 is 19.7 Å². The maximum absolute atomic E-state index is 11.3. The van der Waals surface area contributed by atoms with Crippen LogP contribution >= 0.6 is 0 Å². The zero-order chi connectivity index (χ0) is 16.8. The second kappa shape index (κ2) is 8.52. The number of benzene rings is 1. The minimum Gasteiger partial charge on any atom is -0.545 e. The van der Waals surface area contributed by atoms with E-state index in [-0.39, 0.29) is 0 Å². The molecule has 24 heavy (non-hydrogen) atoms. The fourth-order valence-electron chi connectivity index (χ4n) is 4.35. The van der Waals surface area contributed by atoms with Crippen LogP contribution in [0.1, 0.15) is 55.3 Å². The van der Waals surface area contributed by atoms with E-state index in [1.807, 2.05) is 12.1 Å². The van der Waals surface area contributed by atoms with Gasteiger partial charge in [-0.05, 0) is 24.8 Å². The molecule has 1 saturated heterocycles. The van der Waals surface area contributed by atoms with E-state index in [4.69, 9.17) is 0 Å². The highest BCUT2D eigenvalue weighted by Crippen LogP contribution is 2.26. The van der Waals surface area contributed by atoms with Gasteiger partial charge in [0.2, 0.25) is 0 Å². The number of para-hydroxylation sites is 1. The van der Waals surface area contributed by atoms with Gasteiger partial charge in [-0.15, -0.1) is 0 Å². The highest BCUT2D eigenvalue weighted by atomic mass is 16.4. The Bertz CT molecular complexity index is 532. The van der Waals surface area contributed by atoms with Crippen LogP contribution in [0.3, 0.4) is 0 Å². The molecular weight excluding hydrogens is 300 g/mol. The summed E-state index contributed by atoms with van der Waals surface area (Å²) < 4.78 is 0. The highest BCUT2D eigenvalue weighted by molar-refractivity contribution is 5.93. The van der Waals surface area contributed by atoms with Crippen molar-refractivity contribution < 1.29 is 14.8 Å². The van der Waals surface area contributed by atoms with Gasteiger partial charge in [-0.25, -0.2) is 0 Å². The quantitative estimate of drug-likeness (QED) is 0.850. The molecule has 1 aliphatic heterocycles. The average Bonchev–Trinajstić information content (AvgIpc) is 2.63. The number of carbonyl (C=O) groups excluding carboxylic acids is 1. The zero-order valence-corrected chi connectivity index (χ0v) is 14.6. The number of hydrogen-bond donors (Lipinski definition) is 1. The molecule has 0 amide bonds. The number of hydrogen-bond acceptors (Lipinski definition) is 3. The first-order valence-corrected chi connectivity index (χ1v) is 9.63. The maximum Gasteiger partial charge on any atom is 0.0949 e. The molecule has 1 aromatic rings. The number of carboxylic acids is 1. The lowest BCUT2D eigenvalue weighted by Crippen LogP contribution is -3.14. The number of rotatable bonds is 6. The van der Waals surface area contributed by atoms with Crippen molar-refractivity contribution in [2.75, 3.05) is 37.6 Å². The number of piperazine rings is 1. The summed E-state index contributed by atoms with van der Waals surface area (Å²) in [5, 5.41) is 11.3. The van der Waals surface area contributed by atoms with Crippen LogP contribution in [0.25, 0.3) is 0 Å². The first-order chi connectivity index (χ1) is 11.7. The molecule has 2 aliphatic rings. The number of carbonyl (C=O) groups is 1. The maximum atomic E-state index is 11.3. The summed E-state index contributed by atoms with van der Waals surface area (Å²) in [5.74, 6) is -0.0951. The van der Waals surface area contributed by atoms with Gasteiger partial charge in [0.15, 0.2) is 0 Å². The van der Waals surface area contributed by atoms with Gasteiger partial charge in [0.05, 0.1) is 38.7 Å². The Morgan fingerprint density at radius 3 is 2.54 bits per heavy atom. The van der Waals surface area contributed by atoms with Gasteiger partial charge in [-0.1, -0.05) is 50.3 Å². The zero-order valence-electron chi connectivity index (χ0n) is 14.6. The molecule has 0 unspecified atom stereocenters. The topological polar surface area (TPSA) is 47.8 Å². The summed E-state index contributed by atoms with van der Waals surface area (Å²) in [7, 11) is 0. The molecule has 1 saturated carbocycles. The number of quaternary nitrogens is 1. The first kappa shape index (κ1) is 17.3. The van der Waals surface area contributed by atoms with E-state index in [1.165, 1.54) is 51.5 Å². The Morgan fingerprint density at radius 1 is 1.12 bits per heavy atom. The van der Waals surface area contributed by atoms with Crippen molar-refractivity contribution in [2.24, 2.45) is 5.92 Å². The van der Waals surface area contributed by atoms with Crippen molar-refractivity contribution >= 4 is 11.7 Å². The van der Waals surface area contributed by atoms with Gasteiger partial charge >= 0.3 is 0 Å². The van der Waals surface area contributed by atoms with Crippen LogP contribution in [0.15, 0.2) is 24.3 Å². The van der Waals surface area contributed by atoms with Gasteiger partial charge in [0, 0.05) is 11.3 Å². The SMILES string of the molecule is O=C([O-])c1ccccc1N1CC[NH+](CCCC2CCCCC2)CC1. The number of anilines is 1. The fraction of sp³-hybridized carbons (Fsp3) is 0.650. The monoisotopic (exact) mass is 330 g/mol. The van der Waals surface area contributed by atoms with Gasteiger partial charge in [0.1, 0.15) is 0 Å².